The van der Waals surface area contributed by atoms with Crippen LogP contribution < -0.4 is 4.74 Å². The van der Waals surface area contributed by atoms with Crippen molar-refractivity contribution in [3.05, 3.63) is 46.3 Å². The summed E-state index contributed by atoms with van der Waals surface area (Å²) in [5.41, 5.74) is 5.31. The lowest BCUT2D eigenvalue weighted by atomic mass is 10.1. The molecule has 0 aliphatic carbocycles. The van der Waals surface area contributed by atoms with Crippen LogP contribution in [0.15, 0.2) is 18.2 Å². The Bertz CT molecular complexity index is 717. The molecule has 0 amide bonds. The molecular weight excluding hydrogens is 300 g/mol. The average Bonchev–Trinajstić information content (AvgIpc) is 2.82. The zero-order valence-corrected chi connectivity index (χ0v) is 15.5. The minimum Gasteiger partial charge on any atom is -0.483 e. The van der Waals surface area contributed by atoms with Crippen LogP contribution in [-0.4, -0.2) is 22.3 Å². The molecule has 0 unspecified atom stereocenters. The topological polar surface area (TPSA) is 44.1 Å². The van der Waals surface area contributed by atoms with Crippen molar-refractivity contribution in [1.29, 1.82) is 0 Å². The van der Waals surface area contributed by atoms with Gasteiger partial charge >= 0.3 is 0 Å². The predicted molar refractivity (Wildman–Crippen MR) is 97.0 cm³/mol. The third-order valence-corrected chi connectivity index (χ3v) is 4.39. The Morgan fingerprint density at radius 1 is 1.17 bits per heavy atom. The Balaban J connectivity index is 2.05. The van der Waals surface area contributed by atoms with E-state index in [0.29, 0.717) is 0 Å². The molecule has 0 saturated carbocycles. The summed E-state index contributed by atoms with van der Waals surface area (Å²) in [6, 6.07) is 5.95. The van der Waals surface area contributed by atoms with Gasteiger partial charge in [0.15, 0.2) is 6.61 Å². The van der Waals surface area contributed by atoms with E-state index in [4.69, 9.17) is 4.74 Å². The number of rotatable bonds is 7. The third kappa shape index (κ3) is 4.25. The highest BCUT2D eigenvalue weighted by Crippen LogP contribution is 2.20. The Morgan fingerprint density at radius 2 is 1.92 bits per heavy atom. The summed E-state index contributed by atoms with van der Waals surface area (Å²) in [5.74, 6) is 0.621. The molecule has 0 aliphatic rings. The van der Waals surface area contributed by atoms with Gasteiger partial charge < -0.3 is 4.74 Å². The van der Waals surface area contributed by atoms with E-state index >= 15 is 0 Å². The molecule has 1 aromatic heterocycles. The summed E-state index contributed by atoms with van der Waals surface area (Å²) in [7, 11) is 0. The molecular formula is C20H28N2O2. The monoisotopic (exact) mass is 328 g/mol. The van der Waals surface area contributed by atoms with E-state index in [-0.39, 0.29) is 12.5 Å². The first-order chi connectivity index (χ1) is 11.4. The van der Waals surface area contributed by atoms with Crippen LogP contribution in [0.25, 0.3) is 0 Å². The highest BCUT2D eigenvalue weighted by Gasteiger charge is 2.17. The van der Waals surface area contributed by atoms with Crippen molar-refractivity contribution in [3.8, 4) is 5.75 Å². The lowest BCUT2D eigenvalue weighted by Gasteiger charge is -2.10. The quantitative estimate of drug-likeness (QED) is 0.699. The summed E-state index contributed by atoms with van der Waals surface area (Å²) >= 11 is 0. The number of nitrogens with zero attached hydrogens (tertiary/aromatic N) is 2. The van der Waals surface area contributed by atoms with Crippen molar-refractivity contribution in [1.82, 2.24) is 9.78 Å². The summed E-state index contributed by atoms with van der Waals surface area (Å²) in [5, 5.41) is 4.42. The van der Waals surface area contributed by atoms with Gasteiger partial charge in [-0.05, 0) is 57.7 Å². The first-order valence-electron chi connectivity index (χ1n) is 8.72. The Hall–Kier alpha value is -2.10. The van der Waals surface area contributed by atoms with Crippen LogP contribution in [0.3, 0.4) is 0 Å². The van der Waals surface area contributed by atoms with Gasteiger partial charge in [0.2, 0.25) is 0 Å². The van der Waals surface area contributed by atoms with Gasteiger partial charge in [-0.15, -0.1) is 0 Å². The van der Waals surface area contributed by atoms with Gasteiger partial charge in [0, 0.05) is 5.69 Å². The highest BCUT2D eigenvalue weighted by molar-refractivity contribution is 5.80. The number of carbonyl (C=O) groups is 1. The van der Waals surface area contributed by atoms with Crippen molar-refractivity contribution in [2.75, 3.05) is 6.61 Å². The van der Waals surface area contributed by atoms with Gasteiger partial charge in [-0.1, -0.05) is 37.5 Å². The minimum atomic E-state index is -0.127. The lowest BCUT2D eigenvalue weighted by Crippen LogP contribution is -2.22. The van der Waals surface area contributed by atoms with Gasteiger partial charge in [0.25, 0.3) is 5.91 Å². The Morgan fingerprint density at radius 3 is 2.58 bits per heavy atom. The summed E-state index contributed by atoms with van der Waals surface area (Å²) < 4.78 is 7.20. The van der Waals surface area contributed by atoms with Gasteiger partial charge in [0.1, 0.15) is 5.75 Å². The molecule has 0 aliphatic heterocycles. The molecule has 130 valence electrons. The maximum absolute atomic E-state index is 12.5. The second kappa shape index (κ2) is 8.13. The van der Waals surface area contributed by atoms with E-state index in [0.717, 1.165) is 35.5 Å². The molecule has 0 atom stereocenters. The fourth-order valence-electron chi connectivity index (χ4n) is 2.99. The number of aryl methyl sites for hydroxylation is 3. The number of hydrogen-bond acceptors (Lipinski definition) is 3. The number of hydrogen-bond donors (Lipinski definition) is 0. The zero-order chi connectivity index (χ0) is 17.7. The largest absolute Gasteiger partial charge is 0.483 e. The molecule has 0 fully saturated rings. The zero-order valence-electron chi connectivity index (χ0n) is 15.5. The van der Waals surface area contributed by atoms with Crippen LogP contribution in [0.5, 0.6) is 5.75 Å². The van der Waals surface area contributed by atoms with Gasteiger partial charge in [-0.3, -0.25) is 4.79 Å². The standard InChI is InChI=1S/C20H28N2O2/c1-6-7-8-9-18-16(4)21-22(17(18)5)20(23)13-24-19-11-10-14(2)12-15(19)3/h10-12H,6-9,13H2,1-5H3. The van der Waals surface area contributed by atoms with Crippen LogP contribution in [0.1, 0.15) is 59.1 Å². The maximum atomic E-state index is 12.5. The van der Waals surface area contributed by atoms with Crippen molar-refractivity contribution < 1.29 is 9.53 Å². The Labute approximate surface area is 144 Å². The van der Waals surface area contributed by atoms with E-state index in [2.05, 4.69) is 18.1 Å². The van der Waals surface area contributed by atoms with Crippen LogP contribution in [-0.2, 0) is 6.42 Å². The molecule has 24 heavy (non-hydrogen) atoms. The van der Waals surface area contributed by atoms with Crippen molar-refractivity contribution in [2.24, 2.45) is 0 Å². The number of benzene rings is 1. The van der Waals surface area contributed by atoms with Crippen LogP contribution in [0.2, 0.25) is 0 Å². The second-order valence-electron chi connectivity index (χ2n) is 6.47. The van der Waals surface area contributed by atoms with E-state index in [1.807, 2.05) is 39.8 Å². The first-order valence-corrected chi connectivity index (χ1v) is 8.72. The predicted octanol–water partition coefficient (Wildman–Crippen LogP) is 4.57. The van der Waals surface area contributed by atoms with Gasteiger partial charge in [-0.2, -0.15) is 5.10 Å². The van der Waals surface area contributed by atoms with Crippen LogP contribution in [0, 0.1) is 27.7 Å². The fraction of sp³-hybridized carbons (Fsp3) is 0.500. The number of unbranched alkanes of at least 4 members (excludes halogenated alkanes) is 2. The molecule has 0 radical (unpaired) electrons. The van der Waals surface area contributed by atoms with E-state index in [1.165, 1.54) is 28.7 Å². The number of ether oxygens (including phenoxy) is 1. The van der Waals surface area contributed by atoms with E-state index in [1.54, 1.807) is 0 Å². The molecule has 0 saturated heterocycles. The molecule has 4 nitrogen and oxygen atoms in total. The average molecular weight is 328 g/mol. The van der Waals surface area contributed by atoms with Crippen molar-refractivity contribution in [2.45, 2.75) is 60.3 Å². The summed E-state index contributed by atoms with van der Waals surface area (Å²) in [6.07, 6.45) is 4.51. The maximum Gasteiger partial charge on any atom is 0.284 e. The second-order valence-corrected chi connectivity index (χ2v) is 6.47. The Kier molecular flexibility index (Phi) is 6.18. The molecule has 0 bridgehead atoms. The lowest BCUT2D eigenvalue weighted by molar-refractivity contribution is 0.0817. The van der Waals surface area contributed by atoms with E-state index < -0.39 is 0 Å². The first kappa shape index (κ1) is 18.2. The minimum absolute atomic E-state index is 0.000259. The smallest absolute Gasteiger partial charge is 0.284 e. The van der Waals surface area contributed by atoms with E-state index in [9.17, 15) is 4.79 Å². The highest BCUT2D eigenvalue weighted by atomic mass is 16.5. The molecule has 2 aromatic rings. The summed E-state index contributed by atoms with van der Waals surface area (Å²) in [4.78, 5) is 12.5. The SMILES string of the molecule is CCCCCc1c(C)nn(C(=O)COc2ccc(C)cc2C)c1C. The third-order valence-electron chi connectivity index (χ3n) is 4.39. The summed E-state index contributed by atoms with van der Waals surface area (Å²) in [6.45, 7) is 10.2. The van der Waals surface area contributed by atoms with Crippen LogP contribution in [0.4, 0.5) is 0 Å². The number of aromatic nitrogens is 2. The molecule has 0 N–H and O–H groups in total. The molecule has 2 rings (SSSR count). The van der Waals surface area contributed by atoms with Gasteiger partial charge in [-0.25, -0.2) is 4.68 Å². The van der Waals surface area contributed by atoms with Crippen LogP contribution >= 0.6 is 0 Å². The molecule has 1 heterocycles. The fourth-order valence-corrected chi connectivity index (χ4v) is 2.99. The normalized spacial score (nSPS) is 10.9. The van der Waals surface area contributed by atoms with Crippen molar-refractivity contribution in [3.63, 3.8) is 0 Å². The number of carbonyl (C=O) groups excluding carboxylic acids is 1. The van der Waals surface area contributed by atoms with Gasteiger partial charge in [0.05, 0.1) is 5.69 Å². The molecule has 1 aromatic carbocycles. The molecule has 0 spiro atoms. The molecule has 4 heteroatoms. The van der Waals surface area contributed by atoms with Crippen molar-refractivity contribution >= 4 is 5.91 Å².